The van der Waals surface area contributed by atoms with Gasteiger partial charge in [0.05, 0.1) is 18.8 Å². The van der Waals surface area contributed by atoms with Gasteiger partial charge in [-0.3, -0.25) is 9.20 Å². The smallest absolute Gasteiger partial charge is 0.270 e. The van der Waals surface area contributed by atoms with Gasteiger partial charge in [0.15, 0.2) is 5.82 Å². The molecule has 4 heterocycles. The summed E-state index contributed by atoms with van der Waals surface area (Å²) in [6, 6.07) is 11.8. The molecule has 31 heavy (non-hydrogen) atoms. The lowest BCUT2D eigenvalue weighted by Gasteiger charge is -2.11. The second-order valence-corrected chi connectivity index (χ2v) is 7.62. The van der Waals surface area contributed by atoms with E-state index in [1.807, 2.05) is 58.6 Å². The molecule has 0 atom stereocenters. The molecular formula is C23H23N7O. The van der Waals surface area contributed by atoms with Crippen molar-refractivity contribution in [2.75, 3.05) is 6.54 Å². The molecule has 1 aliphatic heterocycles. The number of carbonyl (C=O) groups excluding carboxylic acids is 1. The minimum absolute atomic E-state index is 0.187. The van der Waals surface area contributed by atoms with Gasteiger partial charge >= 0.3 is 0 Å². The highest BCUT2D eigenvalue weighted by atomic mass is 16.1. The summed E-state index contributed by atoms with van der Waals surface area (Å²) in [5, 5.41) is 10.9. The number of amides is 1. The molecule has 2 N–H and O–H groups in total. The molecule has 4 aromatic rings. The number of hydrogen-bond acceptors (Lipinski definition) is 5. The maximum absolute atomic E-state index is 12.9. The molecule has 156 valence electrons. The average Bonchev–Trinajstić information content (AvgIpc) is 3.39. The molecule has 5 rings (SSSR count). The Morgan fingerprint density at radius 2 is 2.06 bits per heavy atom. The van der Waals surface area contributed by atoms with Crippen LogP contribution in [0.1, 0.15) is 33.1 Å². The van der Waals surface area contributed by atoms with Gasteiger partial charge in [-0.25, -0.2) is 14.6 Å². The van der Waals surface area contributed by atoms with Crippen LogP contribution in [0.4, 0.5) is 0 Å². The predicted molar refractivity (Wildman–Crippen MR) is 118 cm³/mol. The predicted octanol–water partition coefficient (Wildman–Crippen LogP) is 2.58. The molecule has 0 radical (unpaired) electrons. The fraction of sp³-hybridized carbons (Fsp3) is 0.217. The van der Waals surface area contributed by atoms with Crippen molar-refractivity contribution >= 4 is 17.6 Å². The number of aromatic nitrogens is 5. The van der Waals surface area contributed by atoms with Gasteiger partial charge in [0.1, 0.15) is 17.2 Å². The summed E-state index contributed by atoms with van der Waals surface area (Å²) < 4.78 is 3.76. The summed E-state index contributed by atoms with van der Waals surface area (Å²) in [7, 11) is 0. The van der Waals surface area contributed by atoms with Gasteiger partial charge in [-0.1, -0.05) is 36.9 Å². The van der Waals surface area contributed by atoms with E-state index in [0.29, 0.717) is 17.9 Å². The third kappa shape index (κ3) is 3.62. The van der Waals surface area contributed by atoms with Crippen LogP contribution in [0.15, 0.2) is 49.2 Å². The molecule has 8 heteroatoms. The van der Waals surface area contributed by atoms with Crippen molar-refractivity contribution in [1.82, 2.24) is 34.8 Å². The van der Waals surface area contributed by atoms with Gasteiger partial charge in [0, 0.05) is 24.8 Å². The van der Waals surface area contributed by atoms with Crippen molar-refractivity contribution in [3.63, 3.8) is 0 Å². The number of carbonyl (C=O) groups is 1. The molecule has 1 amide bonds. The van der Waals surface area contributed by atoms with E-state index in [0.717, 1.165) is 53.6 Å². The monoisotopic (exact) mass is 413 g/mol. The molecule has 0 unspecified atom stereocenters. The Balaban J connectivity index is 1.32. The summed E-state index contributed by atoms with van der Waals surface area (Å²) in [5.74, 6) is 1.50. The minimum Gasteiger partial charge on any atom is -0.347 e. The minimum atomic E-state index is -0.187. The highest BCUT2D eigenvalue weighted by Gasteiger charge is 2.18. The van der Waals surface area contributed by atoms with Crippen LogP contribution in [0.25, 0.3) is 23.1 Å². The topological polar surface area (TPSA) is 89.1 Å². The van der Waals surface area contributed by atoms with Crippen molar-refractivity contribution in [1.29, 1.82) is 0 Å². The second-order valence-electron chi connectivity index (χ2n) is 7.62. The molecule has 1 aromatic carbocycles. The maximum atomic E-state index is 12.9. The van der Waals surface area contributed by atoms with E-state index in [1.165, 1.54) is 0 Å². The summed E-state index contributed by atoms with van der Waals surface area (Å²) in [4.78, 5) is 22.0. The van der Waals surface area contributed by atoms with Crippen LogP contribution in [0.5, 0.6) is 0 Å². The third-order valence-electron chi connectivity index (χ3n) is 5.40. The van der Waals surface area contributed by atoms with Crippen molar-refractivity contribution in [2.45, 2.75) is 26.6 Å². The fourth-order valence-corrected chi connectivity index (χ4v) is 3.77. The summed E-state index contributed by atoms with van der Waals surface area (Å²) in [6.07, 6.45) is 3.52. The molecule has 8 nitrogen and oxygen atoms in total. The number of fused-ring (bicyclic) bond motifs is 2. The van der Waals surface area contributed by atoms with Crippen LogP contribution in [-0.4, -0.2) is 36.6 Å². The zero-order valence-electron chi connectivity index (χ0n) is 17.3. The second kappa shape index (κ2) is 7.81. The molecule has 0 bridgehead atoms. The van der Waals surface area contributed by atoms with Crippen molar-refractivity contribution in [2.24, 2.45) is 0 Å². The number of imidazole rings is 1. The van der Waals surface area contributed by atoms with Crippen LogP contribution >= 0.6 is 0 Å². The van der Waals surface area contributed by atoms with E-state index in [4.69, 9.17) is 0 Å². The van der Waals surface area contributed by atoms with Crippen molar-refractivity contribution in [3.05, 3.63) is 77.5 Å². The molecule has 3 aromatic heterocycles. The highest BCUT2D eigenvalue weighted by molar-refractivity contribution is 5.96. The average molecular weight is 413 g/mol. The summed E-state index contributed by atoms with van der Waals surface area (Å²) in [5.41, 5.74) is 4.79. The number of pyridine rings is 1. The van der Waals surface area contributed by atoms with Crippen LogP contribution in [0, 0.1) is 6.92 Å². The third-order valence-corrected chi connectivity index (χ3v) is 5.40. The SMILES string of the molecule is C=Cc1nc2ccc(C)cn2c1C(=O)NCc1ccc(-c2nc3n(n2)CCNC3)cc1. The van der Waals surface area contributed by atoms with E-state index in [9.17, 15) is 4.79 Å². The molecule has 0 fully saturated rings. The Hall–Kier alpha value is -3.78. The highest BCUT2D eigenvalue weighted by Crippen LogP contribution is 2.18. The molecule has 0 spiro atoms. The Kier molecular flexibility index (Phi) is 4.83. The zero-order chi connectivity index (χ0) is 21.4. The number of nitrogens with one attached hydrogen (secondary N) is 2. The standard InChI is InChI=1S/C23H23N7O/c1-3-18-21(29-14-15(2)4-9-19(29)26-18)23(31)25-12-16-5-7-17(8-6-16)22-27-20-13-24-10-11-30(20)28-22/h3-9,14,24H,1,10-13H2,2H3,(H,25,31). The van der Waals surface area contributed by atoms with Gasteiger partial charge < -0.3 is 10.6 Å². The van der Waals surface area contributed by atoms with E-state index >= 15 is 0 Å². The van der Waals surface area contributed by atoms with Gasteiger partial charge in [-0.05, 0) is 30.2 Å². The van der Waals surface area contributed by atoms with Gasteiger partial charge in [0.2, 0.25) is 0 Å². The number of hydrogen-bond donors (Lipinski definition) is 2. The molecular weight excluding hydrogens is 390 g/mol. The Bertz CT molecular complexity index is 1260. The first-order valence-electron chi connectivity index (χ1n) is 10.3. The molecule has 0 saturated heterocycles. The first-order valence-corrected chi connectivity index (χ1v) is 10.3. The van der Waals surface area contributed by atoms with Gasteiger partial charge in [-0.15, -0.1) is 0 Å². The normalized spacial score (nSPS) is 13.2. The Morgan fingerprint density at radius 3 is 2.84 bits per heavy atom. The quantitative estimate of drug-likeness (QED) is 0.525. The Labute approximate surface area is 179 Å². The lowest BCUT2D eigenvalue weighted by molar-refractivity contribution is 0.0945. The van der Waals surface area contributed by atoms with E-state index < -0.39 is 0 Å². The lowest BCUT2D eigenvalue weighted by atomic mass is 10.1. The first-order chi connectivity index (χ1) is 15.1. The van der Waals surface area contributed by atoms with Gasteiger partial charge in [0.25, 0.3) is 5.91 Å². The van der Waals surface area contributed by atoms with E-state index in [2.05, 4.69) is 32.3 Å². The lowest BCUT2D eigenvalue weighted by Crippen LogP contribution is -2.28. The number of rotatable bonds is 5. The fourth-order valence-electron chi connectivity index (χ4n) is 3.77. The van der Waals surface area contributed by atoms with Crippen molar-refractivity contribution < 1.29 is 4.79 Å². The van der Waals surface area contributed by atoms with Gasteiger partial charge in [-0.2, -0.15) is 5.10 Å². The van der Waals surface area contributed by atoms with Crippen LogP contribution in [0.2, 0.25) is 0 Å². The van der Waals surface area contributed by atoms with E-state index in [-0.39, 0.29) is 5.91 Å². The molecule has 0 aliphatic carbocycles. The zero-order valence-corrected chi connectivity index (χ0v) is 17.3. The maximum Gasteiger partial charge on any atom is 0.270 e. The summed E-state index contributed by atoms with van der Waals surface area (Å²) >= 11 is 0. The van der Waals surface area contributed by atoms with Crippen molar-refractivity contribution in [3.8, 4) is 11.4 Å². The van der Waals surface area contributed by atoms with Crippen LogP contribution in [0.3, 0.4) is 0 Å². The van der Waals surface area contributed by atoms with E-state index in [1.54, 1.807) is 6.08 Å². The molecule has 0 saturated carbocycles. The number of aryl methyl sites for hydroxylation is 1. The summed E-state index contributed by atoms with van der Waals surface area (Å²) in [6.45, 7) is 8.68. The first kappa shape index (κ1) is 19.2. The Morgan fingerprint density at radius 1 is 1.23 bits per heavy atom. The molecule has 1 aliphatic rings. The van der Waals surface area contributed by atoms with Crippen LogP contribution in [-0.2, 0) is 19.6 Å². The number of nitrogens with zero attached hydrogens (tertiary/aromatic N) is 5. The number of benzene rings is 1. The largest absolute Gasteiger partial charge is 0.347 e. The van der Waals surface area contributed by atoms with Crippen LogP contribution < -0.4 is 10.6 Å².